The Bertz CT molecular complexity index is 786. The molecule has 2 aromatic rings. The number of nitrogen functional groups attached to an aromatic ring is 1. The highest BCUT2D eigenvalue weighted by molar-refractivity contribution is 7.90. The maximum atomic E-state index is 12.9. The summed E-state index contributed by atoms with van der Waals surface area (Å²) in [5.41, 5.74) is 6.16. The van der Waals surface area contributed by atoms with Crippen LogP contribution in [0, 0.1) is 5.82 Å². The van der Waals surface area contributed by atoms with Crippen LogP contribution < -0.4 is 11.1 Å². The Balaban J connectivity index is 2.20. The normalized spacial score (nSPS) is 11.1. The van der Waals surface area contributed by atoms with Crippen molar-refractivity contribution in [3.8, 4) is 0 Å². The van der Waals surface area contributed by atoms with E-state index in [2.05, 4.69) is 5.32 Å². The third kappa shape index (κ3) is 3.57. The molecule has 2 aromatic carbocycles. The van der Waals surface area contributed by atoms with Crippen molar-refractivity contribution in [3.05, 3.63) is 53.8 Å². The molecule has 0 fully saturated rings. The molecule has 7 heteroatoms. The fourth-order valence-electron chi connectivity index (χ4n) is 1.72. The Hall–Kier alpha value is -2.41. The predicted octanol–water partition coefficient (Wildman–Crippen LogP) is 2.06. The van der Waals surface area contributed by atoms with Crippen LogP contribution in [0.4, 0.5) is 15.8 Å². The van der Waals surface area contributed by atoms with Gasteiger partial charge in [-0.3, -0.25) is 4.79 Å². The monoisotopic (exact) mass is 308 g/mol. The molecule has 0 saturated carbocycles. The standard InChI is InChI=1S/C14H13FN2O3S/c1-21(19,20)11-5-3-10(4-6-11)17-14(18)12-7-2-9(15)8-13(12)16/h2-8H,16H2,1H3,(H,17,18). The van der Waals surface area contributed by atoms with Gasteiger partial charge in [0.25, 0.3) is 5.91 Å². The SMILES string of the molecule is CS(=O)(=O)c1ccc(NC(=O)c2ccc(F)cc2N)cc1. The van der Waals surface area contributed by atoms with E-state index in [0.717, 1.165) is 18.4 Å². The van der Waals surface area contributed by atoms with Crippen LogP contribution in [0.3, 0.4) is 0 Å². The van der Waals surface area contributed by atoms with Crippen LogP contribution in [0.25, 0.3) is 0 Å². The highest BCUT2D eigenvalue weighted by Crippen LogP contribution is 2.18. The minimum Gasteiger partial charge on any atom is -0.398 e. The van der Waals surface area contributed by atoms with Gasteiger partial charge in [-0.1, -0.05) is 0 Å². The summed E-state index contributed by atoms with van der Waals surface area (Å²) < 4.78 is 35.6. The van der Waals surface area contributed by atoms with Crippen molar-refractivity contribution in [1.29, 1.82) is 0 Å². The zero-order valence-electron chi connectivity index (χ0n) is 11.1. The summed E-state index contributed by atoms with van der Waals surface area (Å²) in [4.78, 5) is 12.2. The molecule has 0 aliphatic heterocycles. The topological polar surface area (TPSA) is 89.3 Å². The smallest absolute Gasteiger partial charge is 0.257 e. The molecule has 21 heavy (non-hydrogen) atoms. The van der Waals surface area contributed by atoms with E-state index in [1.165, 1.54) is 30.3 Å². The maximum absolute atomic E-state index is 12.9. The molecular weight excluding hydrogens is 295 g/mol. The van der Waals surface area contributed by atoms with Crippen molar-refractivity contribution >= 4 is 27.1 Å². The molecule has 0 bridgehead atoms. The van der Waals surface area contributed by atoms with Gasteiger partial charge in [0.15, 0.2) is 9.84 Å². The average Bonchev–Trinajstić information content (AvgIpc) is 2.38. The van der Waals surface area contributed by atoms with Crippen molar-refractivity contribution in [2.75, 3.05) is 17.3 Å². The number of halogens is 1. The number of carbonyl (C=O) groups excluding carboxylic acids is 1. The first kappa shape index (κ1) is 15.0. The van der Waals surface area contributed by atoms with Crippen molar-refractivity contribution in [3.63, 3.8) is 0 Å². The Morgan fingerprint density at radius 2 is 1.76 bits per heavy atom. The van der Waals surface area contributed by atoms with Crippen LogP contribution in [0.2, 0.25) is 0 Å². The third-order valence-corrected chi connectivity index (χ3v) is 3.93. The molecule has 5 nitrogen and oxygen atoms in total. The summed E-state index contributed by atoms with van der Waals surface area (Å²) in [6, 6.07) is 9.19. The molecule has 110 valence electrons. The molecule has 0 heterocycles. The lowest BCUT2D eigenvalue weighted by atomic mass is 10.1. The fraction of sp³-hybridized carbons (Fsp3) is 0.0714. The summed E-state index contributed by atoms with van der Waals surface area (Å²) >= 11 is 0. The lowest BCUT2D eigenvalue weighted by Crippen LogP contribution is -2.14. The summed E-state index contributed by atoms with van der Waals surface area (Å²) in [6.45, 7) is 0. The molecule has 1 amide bonds. The zero-order valence-corrected chi connectivity index (χ0v) is 11.9. The van der Waals surface area contributed by atoms with E-state index < -0.39 is 21.6 Å². The lowest BCUT2D eigenvalue weighted by molar-refractivity contribution is 0.102. The second-order valence-corrected chi connectivity index (χ2v) is 6.50. The minimum atomic E-state index is -3.29. The lowest BCUT2D eigenvalue weighted by Gasteiger charge is -2.08. The van der Waals surface area contributed by atoms with Gasteiger partial charge in [-0.25, -0.2) is 12.8 Å². The Kier molecular flexibility index (Phi) is 3.95. The van der Waals surface area contributed by atoms with E-state index in [4.69, 9.17) is 5.73 Å². The van der Waals surface area contributed by atoms with E-state index >= 15 is 0 Å². The number of hydrogen-bond acceptors (Lipinski definition) is 4. The number of benzene rings is 2. The number of nitrogens with two attached hydrogens (primary N) is 1. The van der Waals surface area contributed by atoms with Gasteiger partial charge in [-0.15, -0.1) is 0 Å². The predicted molar refractivity (Wildman–Crippen MR) is 78.3 cm³/mol. The number of carbonyl (C=O) groups is 1. The van der Waals surface area contributed by atoms with Crippen LogP contribution >= 0.6 is 0 Å². The van der Waals surface area contributed by atoms with Crippen molar-refractivity contribution < 1.29 is 17.6 Å². The number of rotatable bonds is 3. The van der Waals surface area contributed by atoms with Gasteiger partial charge in [0.2, 0.25) is 0 Å². The van der Waals surface area contributed by atoms with Crippen molar-refractivity contribution in [2.45, 2.75) is 4.90 Å². The van der Waals surface area contributed by atoms with Gasteiger partial charge in [0.1, 0.15) is 5.82 Å². The van der Waals surface area contributed by atoms with E-state index in [9.17, 15) is 17.6 Å². The van der Waals surface area contributed by atoms with Crippen LogP contribution in [-0.4, -0.2) is 20.6 Å². The third-order valence-electron chi connectivity index (χ3n) is 2.80. The number of anilines is 2. The van der Waals surface area contributed by atoms with Gasteiger partial charge in [-0.05, 0) is 42.5 Å². The number of amides is 1. The second kappa shape index (κ2) is 5.53. The first-order chi connectivity index (χ1) is 9.77. The Morgan fingerprint density at radius 3 is 2.29 bits per heavy atom. The molecule has 0 saturated heterocycles. The van der Waals surface area contributed by atoms with Gasteiger partial charge in [0.05, 0.1) is 10.5 Å². The highest BCUT2D eigenvalue weighted by atomic mass is 32.2. The molecule has 0 atom stereocenters. The van der Waals surface area contributed by atoms with Gasteiger partial charge in [-0.2, -0.15) is 0 Å². The van der Waals surface area contributed by atoms with E-state index in [0.29, 0.717) is 5.69 Å². The van der Waals surface area contributed by atoms with Crippen LogP contribution in [0.1, 0.15) is 10.4 Å². The van der Waals surface area contributed by atoms with Crippen molar-refractivity contribution in [1.82, 2.24) is 0 Å². The molecule has 2 rings (SSSR count). The molecule has 0 aromatic heterocycles. The van der Waals surface area contributed by atoms with Crippen LogP contribution in [0.5, 0.6) is 0 Å². The maximum Gasteiger partial charge on any atom is 0.257 e. The quantitative estimate of drug-likeness (QED) is 0.849. The number of sulfone groups is 1. The summed E-state index contributed by atoms with van der Waals surface area (Å²) in [7, 11) is -3.29. The summed E-state index contributed by atoms with van der Waals surface area (Å²) in [5.74, 6) is -1.03. The average molecular weight is 308 g/mol. The van der Waals surface area contributed by atoms with Crippen molar-refractivity contribution in [2.24, 2.45) is 0 Å². The molecule has 3 N–H and O–H groups in total. The molecule has 0 unspecified atom stereocenters. The Morgan fingerprint density at radius 1 is 1.14 bits per heavy atom. The minimum absolute atomic E-state index is 0.0280. The molecule has 0 aliphatic carbocycles. The molecule has 0 radical (unpaired) electrons. The van der Waals surface area contributed by atoms with E-state index in [1.807, 2.05) is 0 Å². The number of hydrogen-bond donors (Lipinski definition) is 2. The van der Waals surface area contributed by atoms with E-state index in [-0.39, 0.29) is 16.1 Å². The van der Waals surface area contributed by atoms with Gasteiger partial charge in [0, 0.05) is 17.6 Å². The number of nitrogens with one attached hydrogen (secondary N) is 1. The fourth-order valence-corrected chi connectivity index (χ4v) is 2.35. The first-order valence-corrected chi connectivity index (χ1v) is 7.83. The van der Waals surface area contributed by atoms with E-state index in [1.54, 1.807) is 0 Å². The Labute approximate surface area is 121 Å². The summed E-state index contributed by atoms with van der Waals surface area (Å²) in [5, 5.41) is 2.56. The van der Waals surface area contributed by atoms with Crippen LogP contribution in [-0.2, 0) is 9.84 Å². The summed E-state index contributed by atoms with van der Waals surface area (Å²) in [6.07, 6.45) is 1.10. The molecule has 0 aliphatic rings. The zero-order chi connectivity index (χ0) is 15.6. The molecular formula is C14H13FN2O3S. The largest absolute Gasteiger partial charge is 0.398 e. The van der Waals surface area contributed by atoms with Crippen LogP contribution in [0.15, 0.2) is 47.4 Å². The molecule has 0 spiro atoms. The second-order valence-electron chi connectivity index (χ2n) is 4.48. The first-order valence-electron chi connectivity index (χ1n) is 5.94. The van der Waals surface area contributed by atoms with Gasteiger partial charge >= 0.3 is 0 Å². The van der Waals surface area contributed by atoms with Gasteiger partial charge < -0.3 is 11.1 Å². The highest BCUT2D eigenvalue weighted by Gasteiger charge is 2.11.